The van der Waals surface area contributed by atoms with Crippen LogP contribution in [-0.4, -0.2) is 60.4 Å². The Bertz CT molecular complexity index is 604. The summed E-state index contributed by atoms with van der Waals surface area (Å²) in [5, 5.41) is 10.3. The Labute approximate surface area is 128 Å². The highest BCUT2D eigenvalue weighted by atomic mass is 32.1. The third-order valence-electron chi connectivity index (χ3n) is 3.43. The average Bonchev–Trinajstić information content (AvgIpc) is 2.94. The Morgan fingerprint density at radius 2 is 1.81 bits per heavy atom. The van der Waals surface area contributed by atoms with E-state index in [1.54, 1.807) is 11.3 Å². The molecule has 0 atom stereocenters. The Morgan fingerprint density at radius 3 is 2.43 bits per heavy atom. The molecule has 3 rings (SSSR count). The Balaban J connectivity index is 1.67. The summed E-state index contributed by atoms with van der Waals surface area (Å²) in [6, 6.07) is 1.92. The lowest BCUT2D eigenvalue weighted by atomic mass is 10.3. The van der Waals surface area contributed by atoms with Crippen LogP contribution < -0.4 is 14.7 Å². The second-order valence-corrected chi connectivity index (χ2v) is 6.35. The van der Waals surface area contributed by atoms with E-state index >= 15 is 0 Å². The van der Waals surface area contributed by atoms with Crippen molar-refractivity contribution >= 4 is 28.2 Å². The molecule has 1 saturated heterocycles. The molecular weight excluding hydrogens is 286 g/mol. The molecule has 7 nitrogen and oxygen atoms in total. The average molecular weight is 305 g/mol. The molecule has 0 spiro atoms. The van der Waals surface area contributed by atoms with E-state index in [9.17, 15) is 0 Å². The van der Waals surface area contributed by atoms with Crippen molar-refractivity contribution in [2.24, 2.45) is 0 Å². The molecule has 0 unspecified atom stereocenters. The van der Waals surface area contributed by atoms with Gasteiger partial charge in [-0.15, -0.1) is 10.2 Å². The predicted octanol–water partition coefficient (Wildman–Crippen LogP) is 1.03. The topological polar surface area (TPSA) is 61.3 Å². The highest BCUT2D eigenvalue weighted by molar-refractivity contribution is 7.15. The molecule has 21 heavy (non-hydrogen) atoms. The summed E-state index contributed by atoms with van der Waals surface area (Å²) >= 11 is 1.64. The molecule has 112 valence electrons. The summed E-state index contributed by atoms with van der Waals surface area (Å²) in [5.74, 6) is 1.73. The zero-order chi connectivity index (χ0) is 14.8. The number of aryl methyl sites for hydroxylation is 1. The van der Waals surface area contributed by atoms with E-state index in [1.165, 1.54) is 0 Å². The molecule has 0 amide bonds. The highest BCUT2D eigenvalue weighted by Gasteiger charge is 2.21. The van der Waals surface area contributed by atoms with E-state index < -0.39 is 0 Å². The lowest BCUT2D eigenvalue weighted by molar-refractivity contribution is 0.636. The van der Waals surface area contributed by atoms with E-state index in [4.69, 9.17) is 0 Å². The first kappa shape index (κ1) is 14.0. The van der Waals surface area contributed by atoms with Crippen LogP contribution in [0.4, 0.5) is 16.9 Å². The number of piperazine rings is 1. The molecule has 1 aliphatic heterocycles. The van der Waals surface area contributed by atoms with Crippen LogP contribution in [0.5, 0.6) is 0 Å². The molecule has 8 heteroatoms. The van der Waals surface area contributed by atoms with Gasteiger partial charge in [0.05, 0.1) is 0 Å². The smallest absolute Gasteiger partial charge is 0.227 e. The maximum atomic E-state index is 4.59. The van der Waals surface area contributed by atoms with Gasteiger partial charge in [0.25, 0.3) is 0 Å². The first-order valence-electron chi connectivity index (χ1n) is 6.94. The minimum atomic E-state index is 0.800. The third-order valence-corrected chi connectivity index (χ3v) is 4.33. The first-order chi connectivity index (χ1) is 10.1. The molecule has 0 bridgehead atoms. The van der Waals surface area contributed by atoms with Gasteiger partial charge in [-0.25, -0.2) is 4.98 Å². The SMILES string of the molecule is Cc1nnc(N2CCN(c3nccc(N(C)C)n3)CC2)s1. The van der Waals surface area contributed by atoms with Crippen molar-refractivity contribution in [1.29, 1.82) is 0 Å². The summed E-state index contributed by atoms with van der Waals surface area (Å²) in [7, 11) is 3.98. The van der Waals surface area contributed by atoms with E-state index in [0.29, 0.717) is 0 Å². The van der Waals surface area contributed by atoms with Crippen LogP contribution in [0.25, 0.3) is 0 Å². The largest absolute Gasteiger partial charge is 0.363 e. The van der Waals surface area contributed by atoms with E-state index in [1.807, 2.05) is 38.2 Å². The van der Waals surface area contributed by atoms with Crippen molar-refractivity contribution < 1.29 is 0 Å². The lowest BCUT2D eigenvalue weighted by Gasteiger charge is -2.34. The molecule has 2 aromatic heterocycles. The van der Waals surface area contributed by atoms with Crippen molar-refractivity contribution in [2.75, 3.05) is 55.0 Å². The molecule has 0 radical (unpaired) electrons. The van der Waals surface area contributed by atoms with Crippen molar-refractivity contribution in [2.45, 2.75) is 6.92 Å². The van der Waals surface area contributed by atoms with E-state index in [2.05, 4.69) is 30.0 Å². The quantitative estimate of drug-likeness (QED) is 0.839. The molecule has 0 saturated carbocycles. The highest BCUT2D eigenvalue weighted by Crippen LogP contribution is 2.22. The summed E-state index contributed by atoms with van der Waals surface area (Å²) in [4.78, 5) is 15.5. The standard InChI is InChI=1S/C13H19N7S/c1-10-16-17-13(21-10)20-8-6-19(7-9-20)12-14-5-4-11(15-12)18(2)3/h4-5H,6-9H2,1-3H3. The Morgan fingerprint density at radius 1 is 1.10 bits per heavy atom. The van der Waals surface area contributed by atoms with Crippen molar-refractivity contribution in [1.82, 2.24) is 20.2 Å². The third kappa shape index (κ3) is 3.05. The fraction of sp³-hybridized carbons (Fsp3) is 0.538. The van der Waals surface area contributed by atoms with Gasteiger partial charge in [0.1, 0.15) is 10.8 Å². The Kier molecular flexibility index (Phi) is 3.87. The van der Waals surface area contributed by atoms with Gasteiger partial charge in [-0.2, -0.15) is 4.98 Å². The van der Waals surface area contributed by atoms with Crippen LogP contribution in [-0.2, 0) is 0 Å². The molecular formula is C13H19N7S. The summed E-state index contributed by atoms with van der Waals surface area (Å²) in [6.07, 6.45) is 1.82. The van der Waals surface area contributed by atoms with Crippen molar-refractivity contribution in [3.05, 3.63) is 17.3 Å². The van der Waals surface area contributed by atoms with Crippen LogP contribution in [0.2, 0.25) is 0 Å². The van der Waals surface area contributed by atoms with Gasteiger partial charge in [-0.05, 0) is 13.0 Å². The predicted molar refractivity (Wildman–Crippen MR) is 85.4 cm³/mol. The normalized spacial score (nSPS) is 15.4. The molecule has 2 aromatic rings. The van der Waals surface area contributed by atoms with Crippen LogP contribution in [0.15, 0.2) is 12.3 Å². The number of anilines is 3. The molecule has 3 heterocycles. The summed E-state index contributed by atoms with van der Waals surface area (Å²) in [6.45, 7) is 5.62. The van der Waals surface area contributed by atoms with Crippen LogP contribution >= 0.6 is 11.3 Å². The Hall–Kier alpha value is -1.96. The van der Waals surface area contributed by atoms with Crippen LogP contribution in [0.1, 0.15) is 5.01 Å². The molecule has 1 fully saturated rings. The lowest BCUT2D eigenvalue weighted by Crippen LogP contribution is -2.47. The zero-order valence-electron chi connectivity index (χ0n) is 12.5. The van der Waals surface area contributed by atoms with Crippen LogP contribution in [0, 0.1) is 6.92 Å². The van der Waals surface area contributed by atoms with E-state index in [-0.39, 0.29) is 0 Å². The van der Waals surface area contributed by atoms with Gasteiger partial charge >= 0.3 is 0 Å². The second kappa shape index (κ2) is 5.80. The zero-order valence-corrected chi connectivity index (χ0v) is 13.3. The minimum absolute atomic E-state index is 0.800. The second-order valence-electron chi connectivity index (χ2n) is 5.19. The van der Waals surface area contributed by atoms with Gasteiger partial charge in [-0.1, -0.05) is 11.3 Å². The number of aromatic nitrogens is 4. The number of rotatable bonds is 3. The maximum absolute atomic E-state index is 4.59. The number of nitrogens with zero attached hydrogens (tertiary/aromatic N) is 7. The monoisotopic (exact) mass is 305 g/mol. The fourth-order valence-corrected chi connectivity index (χ4v) is 2.99. The van der Waals surface area contributed by atoms with Gasteiger partial charge in [0.2, 0.25) is 11.1 Å². The molecule has 1 aliphatic rings. The molecule has 0 aliphatic carbocycles. The fourth-order valence-electron chi connectivity index (χ4n) is 2.25. The summed E-state index contributed by atoms with van der Waals surface area (Å²) in [5.41, 5.74) is 0. The van der Waals surface area contributed by atoms with Gasteiger partial charge in [-0.3, -0.25) is 0 Å². The van der Waals surface area contributed by atoms with Gasteiger partial charge < -0.3 is 14.7 Å². The van der Waals surface area contributed by atoms with Crippen molar-refractivity contribution in [3.63, 3.8) is 0 Å². The van der Waals surface area contributed by atoms with E-state index in [0.717, 1.165) is 48.1 Å². The number of hydrogen-bond acceptors (Lipinski definition) is 8. The van der Waals surface area contributed by atoms with Crippen molar-refractivity contribution in [3.8, 4) is 0 Å². The van der Waals surface area contributed by atoms with Crippen LogP contribution in [0.3, 0.4) is 0 Å². The molecule has 0 aromatic carbocycles. The van der Waals surface area contributed by atoms with Gasteiger partial charge in [0.15, 0.2) is 0 Å². The first-order valence-corrected chi connectivity index (χ1v) is 7.75. The summed E-state index contributed by atoms with van der Waals surface area (Å²) < 4.78 is 0. The molecule has 0 N–H and O–H groups in total. The maximum Gasteiger partial charge on any atom is 0.227 e. The minimum Gasteiger partial charge on any atom is -0.363 e. The van der Waals surface area contributed by atoms with Gasteiger partial charge in [0, 0.05) is 46.5 Å². The number of hydrogen-bond donors (Lipinski definition) is 0.